The number of halogens is 5. The van der Waals surface area contributed by atoms with Gasteiger partial charge in [0.2, 0.25) is 11.7 Å². The zero-order valence-corrected chi connectivity index (χ0v) is 18.1. The van der Waals surface area contributed by atoms with Crippen LogP contribution in [-0.2, 0) is 24.2 Å². The van der Waals surface area contributed by atoms with Crippen molar-refractivity contribution in [3.05, 3.63) is 0 Å². The summed E-state index contributed by atoms with van der Waals surface area (Å²) in [6.45, 7) is -0.586. The highest BCUT2D eigenvalue weighted by Gasteiger charge is 2.57. The summed E-state index contributed by atoms with van der Waals surface area (Å²) in [5, 5.41) is 6.21. The molecule has 2 aliphatic carbocycles. The molecule has 2 aliphatic rings. The molecule has 0 bridgehead atoms. The van der Waals surface area contributed by atoms with Gasteiger partial charge in [0.15, 0.2) is 9.84 Å². The summed E-state index contributed by atoms with van der Waals surface area (Å²) in [4.78, 5) is 36.7. The molecule has 0 heterocycles. The second-order valence-corrected chi connectivity index (χ2v) is 10.4. The number of alkyl halides is 5. The predicted octanol–water partition coefficient (Wildman–Crippen LogP) is 0.710. The molecule has 2 amide bonds. The topological polar surface area (TPSA) is 121 Å². The Balaban J connectivity index is 2.09. The Morgan fingerprint density at radius 1 is 1.00 bits per heavy atom. The first-order chi connectivity index (χ1) is 14.6. The van der Waals surface area contributed by atoms with Crippen molar-refractivity contribution in [1.82, 2.24) is 16.0 Å². The summed E-state index contributed by atoms with van der Waals surface area (Å²) >= 11 is 0. The Morgan fingerprint density at radius 2 is 1.59 bits per heavy atom. The third-order valence-corrected chi connectivity index (χ3v) is 6.91. The van der Waals surface area contributed by atoms with Crippen molar-refractivity contribution in [3.63, 3.8) is 0 Å². The van der Waals surface area contributed by atoms with Crippen LogP contribution in [0.1, 0.15) is 39.0 Å². The summed E-state index contributed by atoms with van der Waals surface area (Å²) in [5.41, 5.74) is 0. The van der Waals surface area contributed by atoms with Gasteiger partial charge in [-0.2, -0.15) is 22.0 Å². The SMILES string of the molecule is CCC(NC(=O)[C@@H](CS(=O)(=O)CC1CC1)NCC(F)(F)C(F)(F)F)C(=O)C(=O)NC1CC1. The average molecular weight is 491 g/mol. The molecule has 0 saturated heterocycles. The highest BCUT2D eigenvalue weighted by atomic mass is 32.2. The van der Waals surface area contributed by atoms with E-state index in [0.29, 0.717) is 25.7 Å². The van der Waals surface area contributed by atoms with Crippen LogP contribution in [-0.4, -0.2) is 74.3 Å². The zero-order chi connectivity index (χ0) is 24.3. The molecular weight excluding hydrogens is 465 g/mol. The molecule has 184 valence electrons. The number of hydrogen-bond donors (Lipinski definition) is 3. The van der Waals surface area contributed by atoms with E-state index in [1.807, 2.05) is 0 Å². The molecule has 0 aliphatic heterocycles. The van der Waals surface area contributed by atoms with Crippen LogP contribution in [0, 0.1) is 5.92 Å². The minimum absolute atomic E-state index is 0.0804. The molecule has 8 nitrogen and oxygen atoms in total. The van der Waals surface area contributed by atoms with E-state index in [1.54, 1.807) is 5.32 Å². The van der Waals surface area contributed by atoms with Crippen LogP contribution in [0.2, 0.25) is 0 Å². The van der Waals surface area contributed by atoms with Gasteiger partial charge in [0.25, 0.3) is 5.91 Å². The number of Topliss-reactive ketones (excluding diaryl/α,β-unsaturated/α-hetero) is 1. The Bertz CT molecular complexity index is 825. The summed E-state index contributed by atoms with van der Waals surface area (Å²) in [6, 6.07) is -3.51. The third kappa shape index (κ3) is 7.94. The van der Waals surface area contributed by atoms with Crippen LogP contribution in [0.5, 0.6) is 0 Å². The van der Waals surface area contributed by atoms with E-state index >= 15 is 0 Å². The molecule has 0 aromatic heterocycles. The summed E-state index contributed by atoms with van der Waals surface area (Å²) in [7, 11) is -3.97. The number of nitrogens with one attached hydrogen (secondary N) is 3. The first-order valence-corrected chi connectivity index (χ1v) is 12.0. The van der Waals surface area contributed by atoms with Gasteiger partial charge in [-0.05, 0) is 38.0 Å². The summed E-state index contributed by atoms with van der Waals surface area (Å²) in [5.74, 6) is -9.95. The van der Waals surface area contributed by atoms with Crippen molar-refractivity contribution in [2.75, 3.05) is 18.1 Å². The molecule has 2 rings (SSSR count). The van der Waals surface area contributed by atoms with E-state index in [4.69, 9.17) is 0 Å². The highest BCUT2D eigenvalue weighted by Crippen LogP contribution is 2.35. The lowest BCUT2D eigenvalue weighted by molar-refractivity contribution is -0.279. The molecule has 2 saturated carbocycles. The van der Waals surface area contributed by atoms with Crippen molar-refractivity contribution in [2.24, 2.45) is 5.92 Å². The van der Waals surface area contributed by atoms with Gasteiger partial charge < -0.3 is 10.6 Å². The van der Waals surface area contributed by atoms with E-state index in [9.17, 15) is 44.8 Å². The number of hydrogen-bond acceptors (Lipinski definition) is 6. The number of carbonyl (C=O) groups excluding carboxylic acids is 3. The maximum atomic E-state index is 13.3. The van der Waals surface area contributed by atoms with E-state index < -0.39 is 63.9 Å². The molecule has 14 heteroatoms. The molecule has 32 heavy (non-hydrogen) atoms. The Hall–Kier alpha value is -1.83. The molecule has 0 aromatic rings. The fourth-order valence-corrected chi connectivity index (χ4v) is 4.78. The van der Waals surface area contributed by atoms with Gasteiger partial charge in [0.1, 0.15) is 6.04 Å². The Labute approximate surface area is 182 Å². The Kier molecular flexibility index (Phi) is 8.24. The first-order valence-electron chi connectivity index (χ1n) is 10.2. The van der Waals surface area contributed by atoms with Crippen molar-refractivity contribution in [1.29, 1.82) is 0 Å². The minimum Gasteiger partial charge on any atom is -0.347 e. The fraction of sp³-hybridized carbons (Fsp3) is 0.833. The fourth-order valence-electron chi connectivity index (χ4n) is 2.81. The van der Waals surface area contributed by atoms with Crippen LogP contribution in [0.15, 0.2) is 0 Å². The van der Waals surface area contributed by atoms with Crippen LogP contribution in [0.25, 0.3) is 0 Å². The summed E-state index contributed by atoms with van der Waals surface area (Å²) < 4.78 is 88.6. The van der Waals surface area contributed by atoms with Gasteiger partial charge in [0.05, 0.1) is 24.1 Å². The van der Waals surface area contributed by atoms with Crippen LogP contribution < -0.4 is 16.0 Å². The lowest BCUT2D eigenvalue weighted by Crippen LogP contribution is -2.57. The average Bonchev–Trinajstić information content (AvgIpc) is 3.58. The summed E-state index contributed by atoms with van der Waals surface area (Å²) in [6.07, 6.45) is -3.32. The highest BCUT2D eigenvalue weighted by molar-refractivity contribution is 7.91. The van der Waals surface area contributed by atoms with Crippen molar-refractivity contribution in [3.8, 4) is 0 Å². The van der Waals surface area contributed by atoms with Crippen molar-refractivity contribution in [2.45, 2.75) is 69.3 Å². The lowest BCUT2D eigenvalue weighted by atomic mass is 10.1. The molecule has 2 fully saturated rings. The number of ketones is 1. The van der Waals surface area contributed by atoms with Gasteiger partial charge in [-0.3, -0.25) is 19.7 Å². The zero-order valence-electron chi connectivity index (χ0n) is 17.3. The number of sulfone groups is 1. The van der Waals surface area contributed by atoms with Gasteiger partial charge in [-0.15, -0.1) is 0 Å². The smallest absolute Gasteiger partial charge is 0.347 e. The van der Waals surface area contributed by atoms with E-state index in [0.717, 1.165) is 0 Å². The minimum atomic E-state index is -5.91. The maximum absolute atomic E-state index is 13.3. The molecule has 3 N–H and O–H groups in total. The molecule has 0 aromatic carbocycles. The molecule has 1 unspecified atom stereocenters. The number of amides is 2. The molecule has 0 radical (unpaired) electrons. The van der Waals surface area contributed by atoms with Crippen LogP contribution in [0.3, 0.4) is 0 Å². The normalized spacial score (nSPS) is 19.2. The molecular formula is C18H26F5N3O5S. The quantitative estimate of drug-likeness (QED) is 0.258. The second-order valence-electron chi connectivity index (χ2n) is 8.24. The van der Waals surface area contributed by atoms with E-state index in [2.05, 4.69) is 10.6 Å². The van der Waals surface area contributed by atoms with Gasteiger partial charge in [-0.25, -0.2) is 8.42 Å². The van der Waals surface area contributed by atoms with Crippen LogP contribution in [0.4, 0.5) is 22.0 Å². The second kappa shape index (κ2) is 9.98. The monoisotopic (exact) mass is 491 g/mol. The number of carbonyl (C=O) groups is 3. The maximum Gasteiger partial charge on any atom is 0.454 e. The van der Waals surface area contributed by atoms with Crippen molar-refractivity contribution >= 4 is 27.4 Å². The van der Waals surface area contributed by atoms with Gasteiger partial charge >= 0.3 is 12.1 Å². The third-order valence-electron chi connectivity index (χ3n) is 5.09. The van der Waals surface area contributed by atoms with E-state index in [1.165, 1.54) is 6.92 Å². The number of rotatable bonds is 13. The van der Waals surface area contributed by atoms with E-state index in [-0.39, 0.29) is 24.1 Å². The van der Waals surface area contributed by atoms with Crippen molar-refractivity contribution < 1.29 is 44.8 Å². The standard InChI is InChI=1S/C18H26F5N3O5S/c1-2-12(14(27)16(29)25-11-5-6-11)26-15(28)13(8-32(30,31)7-10-3-4-10)24-9-17(19,20)18(21,22)23/h10-13,24H,2-9H2,1H3,(H,25,29)(H,26,28)/t12?,13-/m1/s1. The van der Waals surface area contributed by atoms with Gasteiger partial charge in [-0.1, -0.05) is 6.92 Å². The lowest BCUT2D eigenvalue weighted by Gasteiger charge is -2.25. The molecule has 0 spiro atoms. The molecule has 2 atom stereocenters. The largest absolute Gasteiger partial charge is 0.454 e. The van der Waals surface area contributed by atoms with Crippen LogP contribution >= 0.6 is 0 Å². The Morgan fingerprint density at radius 3 is 2.06 bits per heavy atom. The van der Waals surface area contributed by atoms with Gasteiger partial charge in [0, 0.05) is 6.04 Å². The predicted molar refractivity (Wildman–Crippen MR) is 103 cm³/mol. The first kappa shape index (κ1) is 26.4.